The van der Waals surface area contributed by atoms with E-state index in [0.29, 0.717) is 24.2 Å². The fraction of sp³-hybridized carbons (Fsp3) is 0.357. The number of rotatable bonds is 9. The third-order valence-electron chi connectivity index (χ3n) is 7.26. The van der Waals surface area contributed by atoms with E-state index in [-0.39, 0.29) is 30.0 Å². The molecule has 1 saturated heterocycles. The summed E-state index contributed by atoms with van der Waals surface area (Å²) < 4.78 is 39.6. The number of hydrogen-bond acceptors (Lipinski definition) is 6. The van der Waals surface area contributed by atoms with Crippen molar-refractivity contribution in [3.63, 3.8) is 0 Å². The van der Waals surface area contributed by atoms with Crippen LogP contribution in [0.15, 0.2) is 54.2 Å². The van der Waals surface area contributed by atoms with E-state index in [2.05, 4.69) is 16.0 Å². The largest absolute Gasteiger partial charge is 0.417 e. The van der Waals surface area contributed by atoms with E-state index in [9.17, 15) is 32.3 Å². The third-order valence-corrected chi connectivity index (χ3v) is 7.70. The van der Waals surface area contributed by atoms with Crippen LogP contribution < -0.4 is 16.0 Å². The van der Waals surface area contributed by atoms with Crippen molar-refractivity contribution in [2.75, 3.05) is 11.9 Å². The summed E-state index contributed by atoms with van der Waals surface area (Å²) in [4.78, 5) is 50.1. The van der Waals surface area contributed by atoms with Gasteiger partial charge in [0, 0.05) is 30.3 Å². The van der Waals surface area contributed by atoms with Crippen LogP contribution in [0.5, 0.6) is 0 Å². The van der Waals surface area contributed by atoms with Gasteiger partial charge in [-0.15, -0.1) is 0 Å². The first kappa shape index (κ1) is 29.3. The maximum atomic E-state index is 13.2. The van der Waals surface area contributed by atoms with Gasteiger partial charge >= 0.3 is 6.18 Å². The van der Waals surface area contributed by atoms with Crippen LogP contribution in [0.2, 0.25) is 5.02 Å². The molecule has 2 atom stereocenters. The molecule has 12 heteroatoms. The number of nitrogens with zero attached hydrogens (tertiary/aromatic N) is 1. The van der Waals surface area contributed by atoms with Crippen molar-refractivity contribution in [2.24, 2.45) is 0 Å². The summed E-state index contributed by atoms with van der Waals surface area (Å²) in [5.41, 5.74) is 0.308. The van der Waals surface area contributed by atoms with Gasteiger partial charge in [-0.25, -0.2) is 0 Å². The molecule has 2 aliphatic rings. The predicted molar refractivity (Wildman–Crippen MR) is 142 cm³/mol. The second kappa shape index (κ2) is 11.4. The smallest absolute Gasteiger partial charge is 0.351 e. The van der Waals surface area contributed by atoms with Crippen molar-refractivity contribution >= 4 is 40.9 Å². The predicted octanol–water partition coefficient (Wildman–Crippen LogP) is 4.29. The topological polar surface area (TPSA) is 108 Å². The van der Waals surface area contributed by atoms with Crippen LogP contribution in [0.4, 0.5) is 18.9 Å². The van der Waals surface area contributed by atoms with E-state index < -0.39 is 46.9 Å². The average Bonchev–Trinajstić information content (AvgIpc) is 3.16. The Morgan fingerprint density at radius 3 is 2.50 bits per heavy atom. The molecule has 4 amide bonds. The zero-order valence-corrected chi connectivity index (χ0v) is 22.6. The van der Waals surface area contributed by atoms with Crippen LogP contribution in [0.25, 0.3) is 0 Å². The first-order valence-corrected chi connectivity index (χ1v) is 13.1. The molecule has 0 radical (unpaired) electrons. The van der Waals surface area contributed by atoms with Crippen molar-refractivity contribution in [3.05, 3.63) is 76.0 Å². The number of alkyl halides is 3. The Bertz CT molecular complexity index is 1390. The van der Waals surface area contributed by atoms with Crippen molar-refractivity contribution in [3.8, 4) is 0 Å². The lowest BCUT2D eigenvalue weighted by molar-refractivity contribution is -0.149. The monoisotopic (exact) mass is 576 g/mol. The highest BCUT2D eigenvalue weighted by atomic mass is 35.5. The Balaban J connectivity index is 1.44. The number of imide groups is 2. The van der Waals surface area contributed by atoms with Crippen LogP contribution in [0, 0.1) is 0 Å². The van der Waals surface area contributed by atoms with Gasteiger partial charge in [-0.3, -0.25) is 29.4 Å². The first-order chi connectivity index (χ1) is 18.8. The van der Waals surface area contributed by atoms with E-state index in [1.165, 1.54) is 6.07 Å². The van der Waals surface area contributed by atoms with Gasteiger partial charge in [-0.05, 0) is 55.5 Å². The molecule has 2 aromatic rings. The number of halogens is 4. The molecular weight excluding hydrogens is 549 g/mol. The minimum absolute atomic E-state index is 0.00259. The van der Waals surface area contributed by atoms with Crippen LogP contribution in [0.1, 0.15) is 49.8 Å². The molecule has 0 spiro atoms. The Morgan fingerprint density at radius 1 is 1.10 bits per heavy atom. The zero-order valence-electron chi connectivity index (χ0n) is 21.8. The maximum absolute atomic E-state index is 13.2. The van der Waals surface area contributed by atoms with Crippen LogP contribution in [0.3, 0.4) is 0 Å². The molecule has 40 heavy (non-hydrogen) atoms. The Morgan fingerprint density at radius 2 is 1.82 bits per heavy atom. The fourth-order valence-electron chi connectivity index (χ4n) is 4.79. The van der Waals surface area contributed by atoms with Gasteiger partial charge in [0.25, 0.3) is 11.8 Å². The lowest BCUT2D eigenvalue weighted by Crippen LogP contribution is -2.54. The van der Waals surface area contributed by atoms with Gasteiger partial charge in [0.1, 0.15) is 11.7 Å². The van der Waals surface area contributed by atoms with Crippen molar-refractivity contribution in [1.29, 1.82) is 0 Å². The number of carbonyl (C=O) groups excluding carboxylic acids is 4. The molecule has 1 fully saturated rings. The van der Waals surface area contributed by atoms with E-state index in [1.54, 1.807) is 24.3 Å². The molecule has 3 N–H and O–H groups in total. The Hall–Kier alpha value is -3.70. The molecule has 0 aromatic heterocycles. The summed E-state index contributed by atoms with van der Waals surface area (Å²) in [7, 11) is 0. The van der Waals surface area contributed by atoms with Gasteiger partial charge in [0.05, 0.1) is 10.6 Å². The summed E-state index contributed by atoms with van der Waals surface area (Å²) in [6.07, 6.45) is -2.42. The van der Waals surface area contributed by atoms with E-state index in [0.717, 1.165) is 22.6 Å². The molecule has 0 aliphatic carbocycles. The molecule has 2 aromatic carbocycles. The van der Waals surface area contributed by atoms with E-state index >= 15 is 0 Å². The number of nitrogens with one attached hydrogen (secondary N) is 3. The van der Waals surface area contributed by atoms with E-state index in [4.69, 9.17) is 11.6 Å². The number of amides is 4. The molecule has 8 nitrogen and oxygen atoms in total. The Kier molecular flexibility index (Phi) is 8.36. The number of anilines is 1. The lowest BCUT2D eigenvalue weighted by Gasteiger charge is -2.31. The van der Waals surface area contributed by atoms with Crippen molar-refractivity contribution in [2.45, 2.75) is 57.3 Å². The molecule has 0 bridgehead atoms. The molecular formula is C28H28ClF3N4O4. The molecule has 212 valence electrons. The second-order valence-electron chi connectivity index (χ2n) is 9.88. The highest BCUT2D eigenvalue weighted by Gasteiger charge is 2.42. The Labute approximate surface area is 233 Å². The van der Waals surface area contributed by atoms with Crippen molar-refractivity contribution in [1.82, 2.24) is 15.5 Å². The third kappa shape index (κ3) is 6.05. The fourth-order valence-corrected chi connectivity index (χ4v) is 5.12. The molecule has 2 aliphatic heterocycles. The van der Waals surface area contributed by atoms with Gasteiger partial charge < -0.3 is 10.6 Å². The molecule has 4 rings (SSSR count). The summed E-state index contributed by atoms with van der Waals surface area (Å²) >= 11 is 6.04. The average molecular weight is 577 g/mol. The maximum Gasteiger partial charge on any atom is 0.417 e. The number of carbonyl (C=O) groups is 4. The minimum atomic E-state index is -4.54. The quantitative estimate of drug-likeness (QED) is 0.385. The minimum Gasteiger partial charge on any atom is -0.351 e. The normalized spacial score (nSPS) is 19.4. The van der Waals surface area contributed by atoms with Gasteiger partial charge in [0.2, 0.25) is 11.8 Å². The number of benzene rings is 2. The van der Waals surface area contributed by atoms with Crippen LogP contribution in [-0.2, 0) is 37.3 Å². The first-order valence-electron chi connectivity index (χ1n) is 12.7. The highest BCUT2D eigenvalue weighted by molar-refractivity contribution is 6.32. The summed E-state index contributed by atoms with van der Waals surface area (Å²) in [6, 6.07) is 9.98. The SMILES string of the molecule is CCC(C)(NCCc1cccc(C(F)(F)F)c1Cl)c1cccc(NC2=CC(=O)N(C3CCC(=O)NC3=O)C2=O)c1. The number of hydrogen-bond donors (Lipinski definition) is 3. The lowest BCUT2D eigenvalue weighted by atomic mass is 9.88. The standard InChI is InChI=1S/C28H28ClF3N4O4/c1-3-27(2,33-13-12-16-6-4-9-19(24(16)29)28(30,31)32)17-7-5-8-18(14-17)34-20-15-23(38)36(26(20)40)21-10-11-22(37)35-25(21)39/h4-9,14-15,21,33-34H,3,10-13H2,1-2H3,(H,35,37,39). The van der Waals surface area contributed by atoms with Gasteiger partial charge in [0.15, 0.2) is 0 Å². The zero-order chi connectivity index (χ0) is 29.2. The van der Waals surface area contributed by atoms with Crippen LogP contribution in [-0.4, -0.2) is 41.1 Å². The molecule has 2 heterocycles. The number of piperidine rings is 1. The summed E-state index contributed by atoms with van der Waals surface area (Å²) in [5.74, 6) is -2.45. The molecule has 0 saturated carbocycles. The highest BCUT2D eigenvalue weighted by Crippen LogP contribution is 2.36. The second-order valence-corrected chi connectivity index (χ2v) is 10.3. The molecule has 2 unspecified atom stereocenters. The summed E-state index contributed by atoms with van der Waals surface area (Å²) in [6.45, 7) is 4.26. The summed E-state index contributed by atoms with van der Waals surface area (Å²) in [5, 5.41) is 8.21. The van der Waals surface area contributed by atoms with Gasteiger partial charge in [-0.2, -0.15) is 13.2 Å². The van der Waals surface area contributed by atoms with E-state index in [1.807, 2.05) is 19.9 Å². The van der Waals surface area contributed by atoms with Crippen molar-refractivity contribution < 1.29 is 32.3 Å². The van der Waals surface area contributed by atoms with Crippen LogP contribution >= 0.6 is 11.6 Å². The van der Waals surface area contributed by atoms with Gasteiger partial charge in [-0.1, -0.05) is 42.8 Å².